The number of aliphatic carboxylic acids is 1. The molecule has 1 aromatic heterocycles. The fourth-order valence-corrected chi connectivity index (χ4v) is 1.41. The number of carboxylic acid groups (broad SMARTS) is 1. The Bertz CT molecular complexity index is 396. The van der Waals surface area contributed by atoms with Crippen molar-refractivity contribution in [3.05, 3.63) is 5.89 Å². The summed E-state index contributed by atoms with van der Waals surface area (Å²) >= 11 is 0. The van der Waals surface area contributed by atoms with Gasteiger partial charge in [-0.25, -0.2) is 4.79 Å². The maximum Gasteiger partial charge on any atom is 0.326 e. The summed E-state index contributed by atoms with van der Waals surface area (Å²) in [6, 6.07) is -0.671. The molecular formula is C12H21N3O3. The standard InChI is InChI=1S/C12H21N3O3/c1-5-6-7-8(9(16)17)13-11-14-10(18-15-11)12(2,3)4/h8H,5-7H2,1-4H3,(H,13,15)(H,16,17). The van der Waals surface area contributed by atoms with Crippen LogP contribution in [-0.4, -0.2) is 27.3 Å². The van der Waals surface area contributed by atoms with Crippen LogP contribution in [0.3, 0.4) is 0 Å². The SMILES string of the molecule is CCCCC(Nc1noc(C(C)(C)C)n1)C(=O)O. The Labute approximate surface area is 107 Å². The number of carboxylic acids is 1. The quantitative estimate of drug-likeness (QED) is 0.811. The monoisotopic (exact) mass is 255 g/mol. The smallest absolute Gasteiger partial charge is 0.326 e. The zero-order chi connectivity index (χ0) is 13.8. The van der Waals surface area contributed by atoms with Crippen LogP contribution in [-0.2, 0) is 10.2 Å². The van der Waals surface area contributed by atoms with Crippen molar-refractivity contribution in [2.75, 3.05) is 5.32 Å². The van der Waals surface area contributed by atoms with Crippen molar-refractivity contribution in [1.82, 2.24) is 10.1 Å². The van der Waals surface area contributed by atoms with Crippen molar-refractivity contribution in [1.29, 1.82) is 0 Å². The minimum absolute atomic E-state index is 0.239. The molecule has 0 radical (unpaired) electrons. The lowest BCUT2D eigenvalue weighted by atomic mass is 9.97. The Morgan fingerprint density at radius 3 is 2.61 bits per heavy atom. The van der Waals surface area contributed by atoms with E-state index in [1.54, 1.807) is 0 Å². The van der Waals surface area contributed by atoms with Gasteiger partial charge in [0.2, 0.25) is 5.89 Å². The van der Waals surface area contributed by atoms with Crippen LogP contribution in [0.4, 0.5) is 5.95 Å². The average molecular weight is 255 g/mol. The van der Waals surface area contributed by atoms with Crippen molar-refractivity contribution in [3.8, 4) is 0 Å². The number of hydrogen-bond acceptors (Lipinski definition) is 5. The lowest BCUT2D eigenvalue weighted by Crippen LogP contribution is -2.29. The van der Waals surface area contributed by atoms with Gasteiger partial charge in [-0.1, -0.05) is 40.5 Å². The number of anilines is 1. The maximum atomic E-state index is 11.1. The van der Waals surface area contributed by atoms with Crippen LogP contribution in [0.15, 0.2) is 4.52 Å². The van der Waals surface area contributed by atoms with Crippen molar-refractivity contribution in [3.63, 3.8) is 0 Å². The van der Waals surface area contributed by atoms with Crippen molar-refractivity contribution >= 4 is 11.9 Å². The van der Waals surface area contributed by atoms with Gasteiger partial charge in [0.05, 0.1) is 0 Å². The maximum absolute atomic E-state index is 11.1. The van der Waals surface area contributed by atoms with Gasteiger partial charge in [0.25, 0.3) is 5.95 Å². The van der Waals surface area contributed by atoms with Crippen molar-refractivity contribution < 1.29 is 14.4 Å². The first-order valence-corrected chi connectivity index (χ1v) is 6.18. The summed E-state index contributed by atoms with van der Waals surface area (Å²) in [5, 5.41) is 15.6. The second kappa shape index (κ2) is 5.84. The largest absolute Gasteiger partial charge is 0.480 e. The molecule has 0 aromatic carbocycles. The van der Waals surface area contributed by atoms with Gasteiger partial charge in [0.1, 0.15) is 6.04 Å². The van der Waals surface area contributed by atoms with E-state index in [1.165, 1.54) is 0 Å². The lowest BCUT2D eigenvalue weighted by Gasteiger charge is -2.12. The highest BCUT2D eigenvalue weighted by molar-refractivity contribution is 5.76. The Hall–Kier alpha value is -1.59. The molecule has 0 fully saturated rings. The summed E-state index contributed by atoms with van der Waals surface area (Å²) in [4.78, 5) is 15.2. The van der Waals surface area contributed by atoms with Gasteiger partial charge in [-0.15, -0.1) is 0 Å². The van der Waals surface area contributed by atoms with Crippen molar-refractivity contribution in [2.24, 2.45) is 0 Å². The summed E-state index contributed by atoms with van der Waals surface area (Å²) < 4.78 is 5.10. The van der Waals surface area contributed by atoms with Gasteiger partial charge in [0, 0.05) is 5.41 Å². The van der Waals surface area contributed by atoms with Gasteiger partial charge in [-0.2, -0.15) is 4.98 Å². The number of aromatic nitrogens is 2. The number of carbonyl (C=O) groups is 1. The van der Waals surface area contributed by atoms with Crippen LogP contribution in [0.5, 0.6) is 0 Å². The molecule has 18 heavy (non-hydrogen) atoms. The normalized spacial score (nSPS) is 13.3. The van der Waals surface area contributed by atoms with E-state index in [0.29, 0.717) is 12.3 Å². The summed E-state index contributed by atoms with van der Waals surface area (Å²) in [6.07, 6.45) is 2.34. The van der Waals surface area contributed by atoms with Gasteiger partial charge in [-0.05, 0) is 11.6 Å². The fraction of sp³-hybridized carbons (Fsp3) is 0.750. The summed E-state index contributed by atoms with van der Waals surface area (Å²) in [6.45, 7) is 7.88. The predicted molar refractivity (Wildman–Crippen MR) is 67.6 cm³/mol. The number of hydrogen-bond donors (Lipinski definition) is 2. The van der Waals surface area contributed by atoms with E-state index in [-0.39, 0.29) is 11.4 Å². The summed E-state index contributed by atoms with van der Waals surface area (Å²) in [5.41, 5.74) is -0.241. The first-order chi connectivity index (χ1) is 8.34. The van der Waals surface area contributed by atoms with Crippen molar-refractivity contribution in [2.45, 2.75) is 58.4 Å². The van der Waals surface area contributed by atoms with E-state index in [9.17, 15) is 4.79 Å². The Morgan fingerprint density at radius 1 is 1.50 bits per heavy atom. The molecule has 6 nitrogen and oxygen atoms in total. The molecule has 0 saturated heterocycles. The molecule has 0 aliphatic heterocycles. The molecule has 0 amide bonds. The number of nitrogens with one attached hydrogen (secondary N) is 1. The minimum Gasteiger partial charge on any atom is -0.480 e. The van der Waals surface area contributed by atoms with Crippen LogP contribution in [0, 0.1) is 0 Å². The van der Waals surface area contributed by atoms with Crippen LogP contribution in [0.1, 0.15) is 52.8 Å². The minimum atomic E-state index is -0.898. The van der Waals surface area contributed by atoms with Gasteiger partial charge < -0.3 is 14.9 Å². The third-order valence-corrected chi connectivity index (χ3v) is 2.52. The number of nitrogens with zero attached hydrogens (tertiary/aromatic N) is 2. The number of unbranched alkanes of at least 4 members (excludes halogenated alkanes) is 1. The van der Waals surface area contributed by atoms with Gasteiger partial charge >= 0.3 is 5.97 Å². The zero-order valence-electron chi connectivity index (χ0n) is 11.4. The predicted octanol–water partition coefficient (Wildman–Crippen LogP) is 2.42. The molecule has 0 spiro atoms. The molecule has 0 saturated carbocycles. The summed E-state index contributed by atoms with van der Waals surface area (Å²) in [7, 11) is 0. The highest BCUT2D eigenvalue weighted by Gasteiger charge is 2.24. The third kappa shape index (κ3) is 4.01. The summed E-state index contributed by atoms with van der Waals surface area (Å²) in [5.74, 6) is -0.168. The second-order valence-electron chi connectivity index (χ2n) is 5.35. The second-order valence-corrected chi connectivity index (χ2v) is 5.35. The number of rotatable bonds is 6. The van der Waals surface area contributed by atoms with Gasteiger partial charge in [-0.3, -0.25) is 0 Å². The third-order valence-electron chi connectivity index (χ3n) is 2.52. The van der Waals surface area contributed by atoms with Crippen LogP contribution >= 0.6 is 0 Å². The Kier molecular flexibility index (Phi) is 4.69. The van der Waals surface area contributed by atoms with Crippen LogP contribution in [0.2, 0.25) is 0 Å². The molecule has 1 heterocycles. The molecule has 1 rings (SSSR count). The topological polar surface area (TPSA) is 88.3 Å². The zero-order valence-corrected chi connectivity index (χ0v) is 11.4. The molecular weight excluding hydrogens is 234 g/mol. The van der Waals surface area contributed by atoms with E-state index in [2.05, 4.69) is 15.5 Å². The van der Waals surface area contributed by atoms with E-state index in [4.69, 9.17) is 9.63 Å². The Morgan fingerprint density at radius 2 is 2.17 bits per heavy atom. The average Bonchev–Trinajstić information content (AvgIpc) is 2.71. The van der Waals surface area contributed by atoms with E-state index < -0.39 is 12.0 Å². The fourth-order valence-electron chi connectivity index (χ4n) is 1.41. The van der Waals surface area contributed by atoms with Gasteiger partial charge in [0.15, 0.2) is 0 Å². The molecule has 1 aromatic rings. The van der Waals surface area contributed by atoms with E-state index in [0.717, 1.165) is 12.8 Å². The first-order valence-electron chi connectivity index (χ1n) is 6.18. The molecule has 0 aliphatic carbocycles. The highest BCUT2D eigenvalue weighted by atomic mass is 16.5. The lowest BCUT2D eigenvalue weighted by molar-refractivity contribution is -0.138. The molecule has 1 atom stereocenters. The molecule has 0 aliphatic rings. The molecule has 6 heteroatoms. The van der Waals surface area contributed by atoms with Crippen LogP contribution in [0.25, 0.3) is 0 Å². The molecule has 2 N–H and O–H groups in total. The van der Waals surface area contributed by atoms with E-state index in [1.807, 2.05) is 27.7 Å². The van der Waals surface area contributed by atoms with E-state index >= 15 is 0 Å². The molecule has 1 unspecified atom stereocenters. The highest BCUT2D eigenvalue weighted by Crippen LogP contribution is 2.21. The molecule has 0 bridgehead atoms. The first kappa shape index (κ1) is 14.5. The molecule has 102 valence electrons. The van der Waals surface area contributed by atoms with Crippen LogP contribution < -0.4 is 5.32 Å². The Balaban J connectivity index is 2.69.